The summed E-state index contributed by atoms with van der Waals surface area (Å²) in [6, 6.07) is 10.3. The van der Waals surface area contributed by atoms with Crippen LogP contribution in [0.1, 0.15) is 72.3 Å². The summed E-state index contributed by atoms with van der Waals surface area (Å²) in [5.41, 5.74) is 1.27. The molecular formula is C21H34O4Ti. The summed E-state index contributed by atoms with van der Waals surface area (Å²) < 4.78 is 0. The van der Waals surface area contributed by atoms with Gasteiger partial charge in [-0.2, -0.15) is 0 Å². The standard InChI is InChI=1S/C12H14O.3C3H7O.Ti/c13-12-8-4-7-11(9-12)10-5-2-1-3-6-10;3*1-3(2)4;/h1-3,5-6,9,11,13H,4,7-8H2;3*3H,1-2H3;/q;3*-1;+4/p-1/t11-;;;;/m0..../s1. The van der Waals surface area contributed by atoms with Gasteiger partial charge in [-0.25, -0.2) is 0 Å². The summed E-state index contributed by atoms with van der Waals surface area (Å²) in [5, 5.41) is 39.8. The average Bonchev–Trinajstić information content (AvgIpc) is 2.46. The van der Waals surface area contributed by atoms with E-state index in [1.54, 1.807) is 41.5 Å². The van der Waals surface area contributed by atoms with Crippen LogP contribution in [-0.2, 0) is 21.7 Å². The third-order valence-electron chi connectivity index (χ3n) is 2.55. The van der Waals surface area contributed by atoms with Crippen molar-refractivity contribution in [2.24, 2.45) is 0 Å². The molecule has 0 radical (unpaired) electrons. The van der Waals surface area contributed by atoms with E-state index < -0.39 is 18.3 Å². The molecule has 0 unspecified atom stereocenters. The number of hydrogen-bond donors (Lipinski definition) is 0. The first kappa shape index (κ1) is 30.1. The molecule has 0 bridgehead atoms. The minimum atomic E-state index is -0.417. The van der Waals surface area contributed by atoms with Gasteiger partial charge in [-0.05, 0) is 24.8 Å². The molecule has 5 heteroatoms. The Bertz CT molecular complexity index is 408. The Morgan fingerprint density at radius 1 is 0.808 bits per heavy atom. The Morgan fingerprint density at radius 2 is 1.19 bits per heavy atom. The first-order chi connectivity index (χ1) is 11.6. The number of hydrogen-bond acceptors (Lipinski definition) is 4. The Labute approximate surface area is 174 Å². The van der Waals surface area contributed by atoms with Crippen molar-refractivity contribution >= 4 is 0 Å². The zero-order chi connectivity index (χ0) is 19.8. The van der Waals surface area contributed by atoms with Crippen LogP contribution in [0.25, 0.3) is 0 Å². The van der Waals surface area contributed by atoms with Gasteiger partial charge in [0.2, 0.25) is 0 Å². The van der Waals surface area contributed by atoms with Crippen molar-refractivity contribution in [3.8, 4) is 0 Å². The zero-order valence-corrected chi connectivity index (χ0v) is 18.6. The van der Waals surface area contributed by atoms with E-state index in [1.165, 1.54) is 5.56 Å². The van der Waals surface area contributed by atoms with E-state index >= 15 is 0 Å². The molecule has 0 aromatic heterocycles. The van der Waals surface area contributed by atoms with E-state index in [4.69, 9.17) is 0 Å². The van der Waals surface area contributed by atoms with E-state index in [0.717, 1.165) is 19.3 Å². The van der Waals surface area contributed by atoms with E-state index in [0.29, 0.717) is 11.7 Å². The van der Waals surface area contributed by atoms with E-state index in [1.807, 2.05) is 24.3 Å². The van der Waals surface area contributed by atoms with Crippen LogP contribution < -0.4 is 20.4 Å². The van der Waals surface area contributed by atoms with Crippen LogP contribution in [0, 0.1) is 0 Å². The van der Waals surface area contributed by atoms with Gasteiger partial charge in [-0.3, -0.25) is 0 Å². The molecule has 0 heterocycles. The minimum absolute atomic E-state index is 0. The van der Waals surface area contributed by atoms with Gasteiger partial charge in [-0.15, -0.1) is 24.1 Å². The van der Waals surface area contributed by atoms with Gasteiger partial charge >= 0.3 is 21.7 Å². The first-order valence-corrected chi connectivity index (χ1v) is 8.96. The quantitative estimate of drug-likeness (QED) is 0.670. The maximum absolute atomic E-state index is 11.2. The van der Waals surface area contributed by atoms with Gasteiger partial charge in [0.15, 0.2) is 0 Å². The van der Waals surface area contributed by atoms with Crippen LogP contribution in [0.15, 0.2) is 42.2 Å². The molecule has 0 fully saturated rings. The smallest absolute Gasteiger partial charge is 0.876 e. The van der Waals surface area contributed by atoms with Gasteiger partial charge in [0.25, 0.3) is 0 Å². The summed E-state index contributed by atoms with van der Waals surface area (Å²) in [5.74, 6) is 0.669. The van der Waals surface area contributed by atoms with Crippen LogP contribution in [-0.4, -0.2) is 18.3 Å². The third kappa shape index (κ3) is 25.6. The van der Waals surface area contributed by atoms with Crippen molar-refractivity contribution in [1.82, 2.24) is 0 Å². The van der Waals surface area contributed by atoms with Crippen LogP contribution in [0.4, 0.5) is 0 Å². The topological polar surface area (TPSA) is 92.2 Å². The summed E-state index contributed by atoms with van der Waals surface area (Å²) in [7, 11) is 0. The second-order valence-electron chi connectivity index (χ2n) is 6.69. The maximum atomic E-state index is 11.2. The molecule has 0 spiro atoms. The van der Waals surface area contributed by atoms with E-state index in [-0.39, 0.29) is 21.7 Å². The van der Waals surface area contributed by atoms with Crippen LogP contribution >= 0.6 is 0 Å². The molecule has 1 aliphatic carbocycles. The normalized spacial score (nSPS) is 15.4. The molecule has 1 atom stereocenters. The Morgan fingerprint density at radius 3 is 1.54 bits per heavy atom. The molecule has 1 aromatic rings. The molecule has 26 heavy (non-hydrogen) atoms. The Kier molecular flexibility index (Phi) is 22.1. The number of benzene rings is 1. The van der Waals surface area contributed by atoms with Crippen molar-refractivity contribution in [3.05, 3.63) is 47.7 Å². The molecule has 4 nitrogen and oxygen atoms in total. The Balaban J connectivity index is -0.000000342. The van der Waals surface area contributed by atoms with Gasteiger partial charge in [-0.1, -0.05) is 78.0 Å². The molecule has 1 aromatic carbocycles. The molecule has 0 aliphatic heterocycles. The maximum Gasteiger partial charge on any atom is 4.00 e. The van der Waals surface area contributed by atoms with Crippen molar-refractivity contribution in [2.75, 3.05) is 0 Å². The molecular weight excluding hydrogens is 364 g/mol. The zero-order valence-electron chi connectivity index (χ0n) is 17.0. The fourth-order valence-electron chi connectivity index (χ4n) is 1.85. The van der Waals surface area contributed by atoms with Crippen molar-refractivity contribution in [3.63, 3.8) is 0 Å². The second kappa shape index (κ2) is 19.1. The fourth-order valence-corrected chi connectivity index (χ4v) is 1.85. The van der Waals surface area contributed by atoms with Gasteiger partial charge in [0, 0.05) is 5.92 Å². The third-order valence-corrected chi connectivity index (χ3v) is 2.55. The minimum Gasteiger partial charge on any atom is -0.876 e. The van der Waals surface area contributed by atoms with Crippen molar-refractivity contribution in [1.29, 1.82) is 0 Å². The SMILES string of the molecule is CC(C)[O-].CC(C)[O-].CC(C)[O-].[O-]C1=C[C@@H](c2ccccc2)CCC1.[Ti+4]. The summed E-state index contributed by atoms with van der Waals surface area (Å²) in [6.45, 7) is 9.67. The number of allylic oxidation sites excluding steroid dienone is 2. The average molecular weight is 398 g/mol. The molecule has 146 valence electrons. The predicted octanol–water partition coefficient (Wildman–Crippen LogP) is 1.46. The molecule has 0 saturated carbocycles. The van der Waals surface area contributed by atoms with Crippen molar-refractivity contribution in [2.45, 2.75) is 85.0 Å². The van der Waals surface area contributed by atoms with Gasteiger partial charge < -0.3 is 20.4 Å². The summed E-state index contributed by atoms with van der Waals surface area (Å²) in [4.78, 5) is 0. The van der Waals surface area contributed by atoms with E-state index in [2.05, 4.69) is 12.1 Å². The molecule has 0 amide bonds. The van der Waals surface area contributed by atoms with Gasteiger partial charge in [0.05, 0.1) is 0 Å². The van der Waals surface area contributed by atoms with Crippen LogP contribution in [0.5, 0.6) is 0 Å². The van der Waals surface area contributed by atoms with Crippen molar-refractivity contribution < 1.29 is 42.1 Å². The molecule has 0 saturated heterocycles. The Hall–Kier alpha value is -0.646. The molecule has 1 aliphatic rings. The van der Waals surface area contributed by atoms with Gasteiger partial charge in [0.1, 0.15) is 0 Å². The van der Waals surface area contributed by atoms with E-state index in [9.17, 15) is 20.4 Å². The van der Waals surface area contributed by atoms with Crippen LogP contribution in [0.3, 0.4) is 0 Å². The fraction of sp³-hybridized carbons (Fsp3) is 0.619. The van der Waals surface area contributed by atoms with Crippen LogP contribution in [0.2, 0.25) is 0 Å². The monoisotopic (exact) mass is 398 g/mol. The first-order valence-electron chi connectivity index (χ1n) is 8.96. The molecule has 0 N–H and O–H groups in total. The second-order valence-corrected chi connectivity index (χ2v) is 6.69. The molecule has 2 rings (SSSR count). The number of rotatable bonds is 1. The summed E-state index contributed by atoms with van der Waals surface area (Å²) in [6.07, 6.45) is 3.52. The summed E-state index contributed by atoms with van der Waals surface area (Å²) >= 11 is 0. The predicted molar refractivity (Wildman–Crippen MR) is 96.5 cm³/mol. The largest absolute Gasteiger partial charge is 4.00 e.